The van der Waals surface area contributed by atoms with Crippen molar-refractivity contribution in [3.8, 4) is 11.5 Å². The Balaban J connectivity index is 2.42. The van der Waals surface area contributed by atoms with Gasteiger partial charge in [0.2, 0.25) is 0 Å². The average Bonchev–Trinajstić information content (AvgIpc) is 2.40. The van der Waals surface area contributed by atoms with E-state index >= 15 is 0 Å². The smallest absolute Gasteiger partial charge is 0.496 e. The summed E-state index contributed by atoms with van der Waals surface area (Å²) >= 11 is 0. The van der Waals surface area contributed by atoms with E-state index in [0.717, 1.165) is 6.07 Å². The number of alkyl carbamates (subject to hydrolysis) is 1. The van der Waals surface area contributed by atoms with Gasteiger partial charge in [-0.3, -0.25) is 0 Å². The van der Waals surface area contributed by atoms with Crippen molar-refractivity contribution in [2.24, 2.45) is 5.41 Å². The van der Waals surface area contributed by atoms with Crippen LogP contribution in [0.3, 0.4) is 0 Å². The van der Waals surface area contributed by atoms with Crippen molar-refractivity contribution in [1.82, 2.24) is 5.32 Å². The van der Waals surface area contributed by atoms with Crippen LogP contribution in [0.25, 0.3) is 0 Å². The fraction of sp³-hybridized carbons (Fsp3) is 0.500. The van der Waals surface area contributed by atoms with Gasteiger partial charge in [0.25, 0.3) is 0 Å². The van der Waals surface area contributed by atoms with Crippen molar-refractivity contribution in [2.75, 3.05) is 13.7 Å². The maximum atomic E-state index is 12.4. The summed E-state index contributed by atoms with van der Waals surface area (Å²) in [6.45, 7) is 3.79. The maximum absolute atomic E-state index is 12.4. The van der Waals surface area contributed by atoms with Gasteiger partial charge in [-0.1, -0.05) is 13.8 Å². The van der Waals surface area contributed by atoms with Crippen LogP contribution in [-0.2, 0) is 4.74 Å². The van der Waals surface area contributed by atoms with E-state index in [1.165, 1.54) is 19.2 Å². The molecule has 1 aliphatic heterocycles. The molecule has 1 atom stereocenters. The van der Waals surface area contributed by atoms with Gasteiger partial charge in [0.1, 0.15) is 18.1 Å². The van der Waals surface area contributed by atoms with Gasteiger partial charge in [-0.25, -0.2) is 4.79 Å². The number of amides is 1. The minimum atomic E-state index is -4.79. The molecule has 0 aliphatic carbocycles. The van der Waals surface area contributed by atoms with Crippen LogP contribution >= 0.6 is 0 Å². The Hall–Kier alpha value is -2.12. The van der Waals surface area contributed by atoms with Crippen LogP contribution in [0.2, 0.25) is 0 Å². The third-order valence-electron chi connectivity index (χ3n) is 3.36. The molecular formula is C14H16F3NO4. The first-order valence-corrected chi connectivity index (χ1v) is 6.49. The van der Waals surface area contributed by atoms with Gasteiger partial charge in [0, 0.05) is 11.0 Å². The third-order valence-corrected chi connectivity index (χ3v) is 3.36. The van der Waals surface area contributed by atoms with Crippen molar-refractivity contribution >= 4 is 6.09 Å². The van der Waals surface area contributed by atoms with Crippen LogP contribution in [0.15, 0.2) is 18.2 Å². The highest BCUT2D eigenvalue weighted by atomic mass is 19.4. The number of rotatable bonds is 3. The molecule has 0 unspecified atom stereocenters. The van der Waals surface area contributed by atoms with Crippen molar-refractivity contribution < 1.29 is 32.2 Å². The Morgan fingerprint density at radius 2 is 2.05 bits per heavy atom. The molecule has 5 nitrogen and oxygen atoms in total. The summed E-state index contributed by atoms with van der Waals surface area (Å²) < 4.78 is 51.1. The van der Waals surface area contributed by atoms with Crippen LogP contribution in [0.4, 0.5) is 18.0 Å². The van der Waals surface area contributed by atoms with Gasteiger partial charge < -0.3 is 19.5 Å². The standard InChI is InChI=1S/C14H16F3NO4/c1-13(2)7-21-12(19)18-11(13)9-6-8(22-14(15,16)17)4-5-10(9)20-3/h4-6,11H,7H2,1-3H3,(H,18,19)/t11-/m1/s1. The number of methoxy groups -OCH3 is 1. The van der Waals surface area contributed by atoms with Crippen molar-refractivity contribution in [2.45, 2.75) is 26.3 Å². The molecule has 0 saturated carbocycles. The van der Waals surface area contributed by atoms with Crippen LogP contribution in [-0.4, -0.2) is 26.2 Å². The first kappa shape index (κ1) is 16.3. The number of benzene rings is 1. The van der Waals surface area contributed by atoms with Gasteiger partial charge >= 0.3 is 12.5 Å². The molecule has 22 heavy (non-hydrogen) atoms. The summed E-state index contributed by atoms with van der Waals surface area (Å²) in [5.74, 6) is -0.0189. The molecule has 0 aromatic heterocycles. The first-order valence-electron chi connectivity index (χ1n) is 6.49. The number of ether oxygens (including phenoxy) is 3. The van der Waals surface area contributed by atoms with E-state index in [-0.39, 0.29) is 12.4 Å². The third kappa shape index (κ3) is 3.55. The van der Waals surface area contributed by atoms with Gasteiger partial charge in [-0.15, -0.1) is 13.2 Å². The largest absolute Gasteiger partial charge is 0.573 e. The molecule has 0 spiro atoms. The topological polar surface area (TPSA) is 56.8 Å². The summed E-state index contributed by atoms with van der Waals surface area (Å²) in [7, 11) is 1.40. The lowest BCUT2D eigenvalue weighted by Gasteiger charge is -2.39. The van der Waals surface area contributed by atoms with E-state index in [2.05, 4.69) is 10.1 Å². The highest BCUT2D eigenvalue weighted by Gasteiger charge is 2.40. The molecular weight excluding hydrogens is 303 g/mol. The zero-order valence-corrected chi connectivity index (χ0v) is 12.3. The minimum Gasteiger partial charge on any atom is -0.496 e. The van der Waals surface area contributed by atoms with Crippen molar-refractivity contribution in [3.05, 3.63) is 23.8 Å². The van der Waals surface area contributed by atoms with Gasteiger partial charge in [0.05, 0.1) is 13.2 Å². The van der Waals surface area contributed by atoms with Crippen LogP contribution < -0.4 is 14.8 Å². The molecule has 1 amide bonds. The van der Waals surface area contributed by atoms with E-state index in [1.54, 1.807) is 0 Å². The highest BCUT2D eigenvalue weighted by molar-refractivity contribution is 5.69. The Labute approximate surface area is 125 Å². The lowest BCUT2D eigenvalue weighted by atomic mass is 9.80. The van der Waals surface area contributed by atoms with E-state index in [4.69, 9.17) is 9.47 Å². The van der Waals surface area contributed by atoms with Gasteiger partial charge in [0.15, 0.2) is 0 Å². The van der Waals surface area contributed by atoms with Gasteiger partial charge in [-0.2, -0.15) is 0 Å². The predicted molar refractivity (Wildman–Crippen MR) is 70.7 cm³/mol. The summed E-state index contributed by atoms with van der Waals surface area (Å²) in [4.78, 5) is 11.5. The van der Waals surface area contributed by atoms with E-state index in [0.29, 0.717) is 11.3 Å². The second-order valence-corrected chi connectivity index (χ2v) is 5.59. The summed E-state index contributed by atoms with van der Waals surface area (Å²) in [6.07, 6.45) is -5.42. The molecule has 0 bridgehead atoms. The number of cyclic esters (lactones) is 1. The fourth-order valence-corrected chi connectivity index (χ4v) is 2.32. The average molecular weight is 319 g/mol. The number of hydrogen-bond acceptors (Lipinski definition) is 4. The zero-order chi connectivity index (χ0) is 16.5. The molecule has 1 N–H and O–H groups in total. The number of halogens is 3. The lowest BCUT2D eigenvalue weighted by molar-refractivity contribution is -0.274. The molecule has 1 aliphatic rings. The highest BCUT2D eigenvalue weighted by Crippen LogP contribution is 2.42. The maximum Gasteiger partial charge on any atom is 0.573 e. The SMILES string of the molecule is COc1ccc(OC(F)(F)F)cc1[C@H]1NC(=O)OCC1(C)C. The van der Waals surface area contributed by atoms with Crippen LogP contribution in [0.5, 0.6) is 11.5 Å². The molecule has 1 heterocycles. The molecule has 2 rings (SSSR count). The number of nitrogens with one attached hydrogen (secondary N) is 1. The number of alkyl halides is 3. The lowest BCUT2D eigenvalue weighted by Crippen LogP contribution is -2.47. The minimum absolute atomic E-state index is 0.136. The van der Waals surface area contributed by atoms with Gasteiger partial charge in [-0.05, 0) is 18.2 Å². The molecule has 1 fully saturated rings. The monoisotopic (exact) mass is 319 g/mol. The van der Waals surface area contributed by atoms with E-state index in [9.17, 15) is 18.0 Å². The molecule has 1 saturated heterocycles. The van der Waals surface area contributed by atoms with Crippen LogP contribution in [0, 0.1) is 5.41 Å². The Bertz CT molecular complexity index is 572. The normalized spacial score (nSPS) is 20.8. The Morgan fingerprint density at radius 1 is 1.36 bits per heavy atom. The molecule has 122 valence electrons. The summed E-state index contributed by atoms with van der Waals surface area (Å²) in [6, 6.07) is 3.17. The molecule has 0 radical (unpaired) electrons. The van der Waals surface area contributed by atoms with Crippen molar-refractivity contribution in [3.63, 3.8) is 0 Å². The van der Waals surface area contributed by atoms with Crippen LogP contribution in [0.1, 0.15) is 25.5 Å². The quantitative estimate of drug-likeness (QED) is 0.928. The molecule has 1 aromatic rings. The van der Waals surface area contributed by atoms with Crippen molar-refractivity contribution in [1.29, 1.82) is 0 Å². The molecule has 8 heteroatoms. The fourth-order valence-electron chi connectivity index (χ4n) is 2.32. The summed E-state index contributed by atoms with van der Waals surface area (Å²) in [5, 5.41) is 2.61. The van der Waals surface area contributed by atoms with E-state index < -0.39 is 23.9 Å². The molecule has 1 aromatic carbocycles. The predicted octanol–water partition coefficient (Wildman–Crippen LogP) is 3.40. The Kier molecular flexibility index (Phi) is 4.12. The second kappa shape index (κ2) is 5.58. The van der Waals surface area contributed by atoms with E-state index in [1.807, 2.05) is 13.8 Å². The number of carbonyl (C=O) groups excluding carboxylic acids is 1. The summed E-state index contributed by atoms with van der Waals surface area (Å²) in [5.41, 5.74) is -0.135. The number of hydrogen-bond donors (Lipinski definition) is 1. The zero-order valence-electron chi connectivity index (χ0n) is 12.3. The second-order valence-electron chi connectivity index (χ2n) is 5.59. The Morgan fingerprint density at radius 3 is 2.64 bits per heavy atom. The number of carbonyl (C=O) groups is 1. The first-order chi connectivity index (χ1) is 10.1.